The Labute approximate surface area is 164 Å². The molecule has 0 radical (unpaired) electrons. The number of halogens is 4. The van der Waals surface area contributed by atoms with Gasteiger partial charge in [-0.2, -0.15) is 4.39 Å². The fourth-order valence-electron chi connectivity index (χ4n) is 3.09. The molecule has 14 heteroatoms. The summed E-state index contributed by atoms with van der Waals surface area (Å²) in [6.07, 6.45) is -2.19. The SMILES string of the molecule is O=c1[nH]c(=O)n([C@H]2C[C@@H]3O[P@@](=O)(OCc4c(F)cc(F)cc4F)OC[C@H]3O2)cc1F. The van der Waals surface area contributed by atoms with Gasteiger partial charge >= 0.3 is 13.5 Å². The second kappa shape index (κ2) is 7.75. The van der Waals surface area contributed by atoms with Crippen molar-refractivity contribution in [2.45, 2.75) is 31.5 Å². The van der Waals surface area contributed by atoms with Crippen molar-refractivity contribution in [1.29, 1.82) is 0 Å². The first-order valence-electron chi connectivity index (χ1n) is 8.52. The minimum absolute atomic E-state index is 0.0773. The van der Waals surface area contributed by atoms with Crippen LogP contribution in [0.5, 0.6) is 0 Å². The van der Waals surface area contributed by atoms with Crippen molar-refractivity contribution in [2.24, 2.45) is 0 Å². The van der Waals surface area contributed by atoms with E-state index >= 15 is 0 Å². The summed E-state index contributed by atoms with van der Waals surface area (Å²) in [5.74, 6) is -4.81. The van der Waals surface area contributed by atoms with E-state index in [0.29, 0.717) is 18.3 Å². The van der Waals surface area contributed by atoms with Gasteiger partial charge in [-0.25, -0.2) is 22.5 Å². The average Bonchev–Trinajstić information content (AvgIpc) is 3.06. The summed E-state index contributed by atoms with van der Waals surface area (Å²) in [6, 6.07) is 0.875. The van der Waals surface area contributed by atoms with Crippen LogP contribution in [0.3, 0.4) is 0 Å². The molecule has 162 valence electrons. The molecule has 0 spiro atoms. The summed E-state index contributed by atoms with van der Waals surface area (Å²) in [7, 11) is -4.27. The maximum Gasteiger partial charge on any atom is 0.475 e. The predicted molar refractivity (Wildman–Crippen MR) is 89.3 cm³/mol. The number of fused-ring (bicyclic) bond motifs is 1. The van der Waals surface area contributed by atoms with Crippen LogP contribution < -0.4 is 11.2 Å². The molecular weight excluding hydrogens is 439 g/mol. The standard InChI is InChI=1S/C16H13F4N2O7P/c17-7-1-9(18)8(10(19)2-7)5-26-30(25)27-6-13-12(29-30)3-14(28-13)22-4-11(20)15(23)21-16(22)24/h1-2,4,12-14H,3,5-6H2,(H,21,23,24)/t12-,13+,14+,30-/m0/s1. The molecule has 0 bridgehead atoms. The van der Waals surface area contributed by atoms with E-state index in [9.17, 15) is 31.7 Å². The normalized spacial score (nSPS) is 28.5. The summed E-state index contributed by atoms with van der Waals surface area (Å²) >= 11 is 0. The zero-order chi connectivity index (χ0) is 21.6. The Morgan fingerprint density at radius 1 is 1.13 bits per heavy atom. The van der Waals surface area contributed by atoms with Gasteiger partial charge in [0.25, 0.3) is 5.56 Å². The molecule has 2 fully saturated rings. The number of aromatic nitrogens is 2. The Balaban J connectivity index is 1.46. The lowest BCUT2D eigenvalue weighted by Crippen LogP contribution is -2.34. The Morgan fingerprint density at radius 2 is 1.83 bits per heavy atom. The number of hydrogen-bond acceptors (Lipinski definition) is 7. The van der Waals surface area contributed by atoms with Crippen LogP contribution in [0.15, 0.2) is 27.9 Å². The highest BCUT2D eigenvalue weighted by molar-refractivity contribution is 7.48. The van der Waals surface area contributed by atoms with E-state index in [0.717, 1.165) is 4.57 Å². The molecule has 0 saturated carbocycles. The monoisotopic (exact) mass is 452 g/mol. The number of benzene rings is 1. The van der Waals surface area contributed by atoms with Crippen LogP contribution in [0.4, 0.5) is 17.6 Å². The lowest BCUT2D eigenvalue weighted by atomic mass is 10.2. The van der Waals surface area contributed by atoms with Crippen molar-refractivity contribution in [3.05, 3.63) is 68.0 Å². The molecule has 2 aliphatic rings. The van der Waals surface area contributed by atoms with Gasteiger partial charge in [-0.1, -0.05) is 0 Å². The Bertz CT molecular complexity index is 1130. The zero-order valence-corrected chi connectivity index (χ0v) is 15.7. The second-order valence-electron chi connectivity index (χ2n) is 6.52. The molecule has 9 nitrogen and oxygen atoms in total. The van der Waals surface area contributed by atoms with Crippen molar-refractivity contribution in [3.8, 4) is 0 Å². The number of ether oxygens (including phenoxy) is 1. The molecule has 0 aliphatic carbocycles. The topological polar surface area (TPSA) is 109 Å². The summed E-state index contributed by atoms with van der Waals surface area (Å²) in [5.41, 5.74) is -2.78. The fraction of sp³-hybridized carbons (Fsp3) is 0.375. The van der Waals surface area contributed by atoms with Gasteiger partial charge in [0.15, 0.2) is 0 Å². The van der Waals surface area contributed by atoms with E-state index in [2.05, 4.69) is 0 Å². The third-order valence-electron chi connectivity index (χ3n) is 4.55. The summed E-state index contributed by atoms with van der Waals surface area (Å²) in [6.45, 7) is -1.17. The van der Waals surface area contributed by atoms with Crippen LogP contribution >= 0.6 is 7.82 Å². The van der Waals surface area contributed by atoms with Crippen LogP contribution in [0, 0.1) is 23.3 Å². The number of nitrogens with one attached hydrogen (secondary N) is 1. The van der Waals surface area contributed by atoms with Crippen LogP contribution in [0.2, 0.25) is 0 Å². The first-order valence-corrected chi connectivity index (χ1v) is 9.98. The van der Waals surface area contributed by atoms with Crippen LogP contribution in [-0.2, 0) is 29.5 Å². The van der Waals surface area contributed by atoms with Gasteiger partial charge in [0.05, 0.1) is 25.0 Å². The quantitative estimate of drug-likeness (QED) is 0.559. The number of rotatable bonds is 4. The molecule has 2 aliphatic heterocycles. The van der Waals surface area contributed by atoms with Gasteiger partial charge in [0.2, 0.25) is 5.82 Å². The molecule has 1 aromatic heterocycles. The molecule has 4 rings (SSSR count). The van der Waals surface area contributed by atoms with Crippen molar-refractivity contribution in [2.75, 3.05) is 6.61 Å². The Morgan fingerprint density at radius 3 is 2.53 bits per heavy atom. The van der Waals surface area contributed by atoms with Crippen molar-refractivity contribution >= 4 is 7.82 Å². The lowest BCUT2D eigenvalue weighted by molar-refractivity contribution is -0.0733. The van der Waals surface area contributed by atoms with Gasteiger partial charge in [-0.15, -0.1) is 0 Å². The highest BCUT2D eigenvalue weighted by Crippen LogP contribution is 2.57. The van der Waals surface area contributed by atoms with Gasteiger partial charge in [0.1, 0.15) is 35.9 Å². The Kier molecular flexibility index (Phi) is 5.41. The molecule has 3 heterocycles. The van der Waals surface area contributed by atoms with E-state index in [-0.39, 0.29) is 13.0 Å². The molecule has 4 atom stereocenters. The molecule has 0 amide bonds. The van der Waals surface area contributed by atoms with Gasteiger partial charge < -0.3 is 4.74 Å². The minimum Gasteiger partial charge on any atom is -0.349 e. The fourth-order valence-corrected chi connectivity index (χ4v) is 4.46. The number of nitrogens with zero attached hydrogens (tertiary/aromatic N) is 1. The number of hydrogen-bond donors (Lipinski definition) is 1. The van der Waals surface area contributed by atoms with Crippen LogP contribution in [-0.4, -0.2) is 28.4 Å². The number of H-pyrrole nitrogens is 1. The van der Waals surface area contributed by atoms with E-state index in [1.54, 1.807) is 4.98 Å². The summed E-state index contributed by atoms with van der Waals surface area (Å²) in [5, 5.41) is 0. The highest BCUT2D eigenvalue weighted by atomic mass is 31.2. The van der Waals surface area contributed by atoms with Gasteiger partial charge in [-0.05, 0) is 0 Å². The van der Waals surface area contributed by atoms with E-state index in [4.69, 9.17) is 18.3 Å². The second-order valence-corrected chi connectivity index (χ2v) is 8.14. The van der Waals surface area contributed by atoms with E-state index < -0.39 is 72.9 Å². The smallest absolute Gasteiger partial charge is 0.349 e. The predicted octanol–water partition coefficient (Wildman–Crippen LogP) is 2.12. The number of phosphoric ester groups is 1. The third-order valence-corrected chi connectivity index (χ3v) is 5.99. The number of aromatic amines is 1. The molecule has 0 unspecified atom stereocenters. The first kappa shape index (κ1) is 20.9. The first-order chi connectivity index (χ1) is 14.1. The zero-order valence-electron chi connectivity index (χ0n) is 14.8. The average molecular weight is 452 g/mol. The molecule has 1 aromatic carbocycles. The van der Waals surface area contributed by atoms with Crippen molar-refractivity contribution in [1.82, 2.24) is 9.55 Å². The Hall–Kier alpha value is -2.31. The maximum atomic E-state index is 13.7. The molecule has 2 saturated heterocycles. The molecule has 1 N–H and O–H groups in total. The van der Waals surface area contributed by atoms with Crippen molar-refractivity contribution < 1.29 is 40.4 Å². The molecule has 2 aromatic rings. The van der Waals surface area contributed by atoms with Crippen LogP contribution in [0.1, 0.15) is 18.2 Å². The largest absolute Gasteiger partial charge is 0.475 e. The van der Waals surface area contributed by atoms with Crippen molar-refractivity contribution in [3.63, 3.8) is 0 Å². The van der Waals surface area contributed by atoms with Crippen LogP contribution in [0.25, 0.3) is 0 Å². The van der Waals surface area contributed by atoms with Gasteiger partial charge in [-0.3, -0.25) is 27.9 Å². The number of phosphoric acid groups is 1. The summed E-state index contributed by atoms with van der Waals surface area (Å²) in [4.78, 5) is 24.8. The minimum atomic E-state index is -4.27. The highest BCUT2D eigenvalue weighted by Gasteiger charge is 2.48. The molecule has 30 heavy (non-hydrogen) atoms. The maximum absolute atomic E-state index is 13.7. The van der Waals surface area contributed by atoms with E-state index in [1.165, 1.54) is 0 Å². The molecular formula is C16H13F4N2O7P. The summed E-state index contributed by atoms with van der Waals surface area (Å²) < 4.78 is 88.0. The third kappa shape index (κ3) is 3.98. The van der Waals surface area contributed by atoms with E-state index in [1.807, 2.05) is 0 Å². The lowest BCUT2D eigenvalue weighted by Gasteiger charge is -2.29. The van der Waals surface area contributed by atoms with Gasteiger partial charge in [0, 0.05) is 18.6 Å².